The number of H-pyrrole nitrogens is 1. The van der Waals surface area contributed by atoms with Gasteiger partial charge in [-0.2, -0.15) is 0 Å². The van der Waals surface area contributed by atoms with E-state index in [1.165, 1.54) is 19.2 Å². The molecule has 0 amide bonds. The number of carbonyl (C=O) groups is 1. The zero-order valence-corrected chi connectivity index (χ0v) is 22.1. The molecule has 0 aliphatic rings. The smallest absolute Gasteiger partial charge is 0.337 e. The van der Waals surface area contributed by atoms with Crippen LogP contribution in [-0.4, -0.2) is 31.5 Å². The lowest BCUT2D eigenvalue weighted by Gasteiger charge is -2.13. The summed E-state index contributed by atoms with van der Waals surface area (Å²) >= 11 is 1.12. The van der Waals surface area contributed by atoms with E-state index >= 15 is 4.39 Å². The number of nitrogens with one attached hydrogen (secondary N) is 2. The van der Waals surface area contributed by atoms with Crippen molar-refractivity contribution in [3.8, 4) is 22.3 Å². The SMILES string of the molecule is COC(=O)c1ccc(-c2cnc3[nH]c4ccc(NS(=O)(=O)c5cccs5)cc4c3c2-c2ccccc2F)cc1. The van der Waals surface area contributed by atoms with Crippen LogP contribution >= 0.6 is 11.3 Å². The third-order valence-corrected chi connectivity index (χ3v) is 9.17. The maximum atomic E-state index is 15.3. The number of fused-ring (bicyclic) bond motifs is 3. The van der Waals surface area contributed by atoms with Crippen molar-refractivity contribution in [1.82, 2.24) is 9.97 Å². The molecule has 6 rings (SSSR count). The fourth-order valence-corrected chi connectivity index (χ4v) is 6.65. The Balaban J connectivity index is 1.59. The number of esters is 1. The van der Waals surface area contributed by atoms with E-state index in [0.29, 0.717) is 49.9 Å². The first-order valence-corrected chi connectivity index (χ1v) is 14.2. The summed E-state index contributed by atoms with van der Waals surface area (Å²) in [7, 11) is -2.45. The number of carbonyl (C=O) groups excluding carboxylic acids is 1. The third-order valence-electron chi connectivity index (χ3n) is 6.39. The van der Waals surface area contributed by atoms with Crippen LogP contribution in [0.5, 0.6) is 0 Å². The van der Waals surface area contributed by atoms with Gasteiger partial charge in [-0.3, -0.25) is 4.72 Å². The standard InChI is InChI=1S/C29H20FN3O4S2/c1-37-29(34)18-10-8-17(9-11-18)22-16-31-28-27(26(22)20-5-2-3-6-23(20)30)21-15-19(12-13-24(21)32-28)33-39(35,36)25-7-4-14-38-25/h2-16,33H,1H3,(H,31,32). The lowest BCUT2D eigenvalue weighted by atomic mass is 9.92. The molecule has 0 radical (unpaired) electrons. The number of thiophene rings is 1. The van der Waals surface area contributed by atoms with Crippen molar-refractivity contribution < 1.29 is 22.3 Å². The molecule has 0 aliphatic heterocycles. The molecule has 2 N–H and O–H groups in total. The Kier molecular flexibility index (Phi) is 6.13. The van der Waals surface area contributed by atoms with Crippen LogP contribution in [0.1, 0.15) is 10.4 Å². The molecule has 0 fully saturated rings. The quantitative estimate of drug-likeness (QED) is 0.218. The number of ether oxygens (including phenoxy) is 1. The first-order valence-electron chi connectivity index (χ1n) is 11.8. The van der Waals surface area contributed by atoms with Crippen molar-refractivity contribution in [2.75, 3.05) is 11.8 Å². The molecule has 0 bridgehead atoms. The predicted molar refractivity (Wildman–Crippen MR) is 151 cm³/mol. The van der Waals surface area contributed by atoms with Crippen molar-refractivity contribution in [2.45, 2.75) is 4.21 Å². The molecule has 0 unspecified atom stereocenters. The summed E-state index contributed by atoms with van der Waals surface area (Å²) in [5.41, 5.74) is 4.31. The number of pyridine rings is 1. The number of methoxy groups -OCH3 is 1. The Labute approximate surface area is 227 Å². The molecule has 0 spiro atoms. The fourth-order valence-electron chi connectivity index (χ4n) is 4.61. The average Bonchev–Trinajstić information content (AvgIpc) is 3.62. The van der Waals surface area contributed by atoms with Gasteiger partial charge in [-0.05, 0) is 53.4 Å². The van der Waals surface area contributed by atoms with Crippen LogP contribution in [0.2, 0.25) is 0 Å². The van der Waals surface area contributed by atoms with E-state index in [4.69, 9.17) is 4.74 Å². The van der Waals surface area contributed by atoms with Gasteiger partial charge in [-0.25, -0.2) is 22.6 Å². The summed E-state index contributed by atoms with van der Waals surface area (Å²) < 4.78 is 48.7. The van der Waals surface area contributed by atoms with Gasteiger partial charge in [0.1, 0.15) is 15.7 Å². The van der Waals surface area contributed by atoms with Gasteiger partial charge in [-0.1, -0.05) is 36.4 Å². The molecule has 7 nitrogen and oxygen atoms in total. The fraction of sp³-hybridized carbons (Fsp3) is 0.0345. The highest BCUT2D eigenvalue weighted by Gasteiger charge is 2.21. The van der Waals surface area contributed by atoms with Crippen LogP contribution in [0.4, 0.5) is 10.1 Å². The normalized spacial score (nSPS) is 11.6. The molecule has 0 atom stereocenters. The van der Waals surface area contributed by atoms with Gasteiger partial charge >= 0.3 is 5.97 Å². The van der Waals surface area contributed by atoms with Crippen molar-refractivity contribution in [2.24, 2.45) is 0 Å². The molecule has 194 valence electrons. The molecular formula is C29H20FN3O4S2. The molecule has 3 aromatic heterocycles. The second kappa shape index (κ2) is 9.64. The number of hydrogen-bond donors (Lipinski definition) is 2. The highest BCUT2D eigenvalue weighted by Crippen LogP contribution is 2.42. The van der Waals surface area contributed by atoms with Gasteiger partial charge in [0.2, 0.25) is 0 Å². The molecule has 0 aliphatic carbocycles. The summed E-state index contributed by atoms with van der Waals surface area (Å²) in [5.74, 6) is -0.875. The molecule has 0 saturated carbocycles. The average molecular weight is 558 g/mol. The third kappa shape index (κ3) is 4.43. The molecular weight excluding hydrogens is 537 g/mol. The first kappa shape index (κ1) is 24.8. The van der Waals surface area contributed by atoms with Crippen molar-refractivity contribution >= 4 is 55.0 Å². The highest BCUT2D eigenvalue weighted by molar-refractivity contribution is 7.94. The lowest BCUT2D eigenvalue weighted by Crippen LogP contribution is -2.11. The predicted octanol–water partition coefficient (Wildman–Crippen LogP) is 6.84. The van der Waals surface area contributed by atoms with E-state index in [0.717, 1.165) is 16.9 Å². The molecule has 6 aromatic rings. The second-order valence-corrected chi connectivity index (χ2v) is 11.6. The number of hydrogen-bond acceptors (Lipinski definition) is 6. The lowest BCUT2D eigenvalue weighted by molar-refractivity contribution is 0.0600. The van der Waals surface area contributed by atoms with Crippen molar-refractivity contribution in [3.05, 3.63) is 102 Å². The molecule has 3 aromatic carbocycles. The number of sulfonamides is 1. The van der Waals surface area contributed by atoms with Crippen LogP contribution in [0.25, 0.3) is 44.2 Å². The number of halogens is 1. The van der Waals surface area contributed by atoms with E-state index in [9.17, 15) is 13.2 Å². The number of anilines is 1. The maximum Gasteiger partial charge on any atom is 0.337 e. The van der Waals surface area contributed by atoms with Crippen molar-refractivity contribution in [1.29, 1.82) is 0 Å². The van der Waals surface area contributed by atoms with Gasteiger partial charge in [0, 0.05) is 44.9 Å². The Morgan fingerprint density at radius 1 is 1.00 bits per heavy atom. The Bertz CT molecular complexity index is 1970. The van der Waals surface area contributed by atoms with Crippen LogP contribution in [0.15, 0.2) is 94.6 Å². The molecule has 0 saturated heterocycles. The van der Waals surface area contributed by atoms with E-state index in [-0.39, 0.29) is 4.21 Å². The van der Waals surface area contributed by atoms with Crippen LogP contribution in [0, 0.1) is 5.82 Å². The highest BCUT2D eigenvalue weighted by atomic mass is 32.2. The Morgan fingerprint density at radius 2 is 1.79 bits per heavy atom. The Morgan fingerprint density at radius 3 is 2.51 bits per heavy atom. The number of aromatic amines is 1. The van der Waals surface area contributed by atoms with E-state index in [1.54, 1.807) is 78.3 Å². The van der Waals surface area contributed by atoms with Crippen LogP contribution in [-0.2, 0) is 14.8 Å². The number of aromatic nitrogens is 2. The largest absolute Gasteiger partial charge is 0.465 e. The zero-order valence-electron chi connectivity index (χ0n) is 20.4. The van der Waals surface area contributed by atoms with E-state index in [2.05, 4.69) is 14.7 Å². The van der Waals surface area contributed by atoms with Gasteiger partial charge in [-0.15, -0.1) is 11.3 Å². The van der Waals surface area contributed by atoms with Gasteiger partial charge in [0.05, 0.1) is 12.7 Å². The maximum absolute atomic E-state index is 15.3. The van der Waals surface area contributed by atoms with Crippen LogP contribution in [0.3, 0.4) is 0 Å². The minimum Gasteiger partial charge on any atom is -0.465 e. The van der Waals surface area contributed by atoms with Gasteiger partial charge in [0.15, 0.2) is 0 Å². The van der Waals surface area contributed by atoms with Crippen LogP contribution < -0.4 is 4.72 Å². The summed E-state index contributed by atoms with van der Waals surface area (Å²) in [5, 5.41) is 3.01. The molecule has 39 heavy (non-hydrogen) atoms. The van der Waals surface area contributed by atoms with Gasteiger partial charge in [0.25, 0.3) is 10.0 Å². The number of benzene rings is 3. The van der Waals surface area contributed by atoms with E-state index < -0.39 is 21.8 Å². The summed E-state index contributed by atoms with van der Waals surface area (Å²) in [6, 6.07) is 21.6. The van der Waals surface area contributed by atoms with Crippen molar-refractivity contribution in [3.63, 3.8) is 0 Å². The first-order chi connectivity index (χ1) is 18.9. The van der Waals surface area contributed by atoms with Gasteiger partial charge < -0.3 is 9.72 Å². The Hall–Kier alpha value is -4.54. The minimum atomic E-state index is -3.76. The molecule has 10 heteroatoms. The number of nitrogens with zero attached hydrogens (tertiary/aromatic N) is 1. The number of rotatable bonds is 6. The minimum absolute atomic E-state index is 0.202. The summed E-state index contributed by atoms with van der Waals surface area (Å²) in [6.07, 6.45) is 1.66. The summed E-state index contributed by atoms with van der Waals surface area (Å²) in [6.45, 7) is 0. The topological polar surface area (TPSA) is 101 Å². The zero-order chi connectivity index (χ0) is 27.1. The second-order valence-electron chi connectivity index (χ2n) is 8.74. The summed E-state index contributed by atoms with van der Waals surface area (Å²) in [4.78, 5) is 19.8. The van der Waals surface area contributed by atoms with E-state index in [1.807, 2.05) is 0 Å². The molecule has 3 heterocycles. The monoisotopic (exact) mass is 557 g/mol.